The number of hydrogen-bond acceptors (Lipinski definition) is 4. The molecule has 0 spiro atoms. The zero-order chi connectivity index (χ0) is 15.0. The minimum Gasteiger partial charge on any atom is -0.484 e. The number of halogens is 1. The normalized spacial score (nSPS) is 12.6. The van der Waals surface area contributed by atoms with Crippen LogP contribution in [0.1, 0.15) is 29.8 Å². The van der Waals surface area contributed by atoms with Crippen LogP contribution in [0.4, 0.5) is 0 Å². The van der Waals surface area contributed by atoms with Gasteiger partial charge in [-0.15, -0.1) is 0 Å². The third-order valence-corrected chi connectivity index (χ3v) is 3.60. The first-order valence-corrected chi connectivity index (χ1v) is 7.02. The molecule has 21 heavy (non-hydrogen) atoms. The average Bonchev–Trinajstić information content (AvgIpc) is 2.89. The van der Waals surface area contributed by atoms with Crippen molar-refractivity contribution in [2.45, 2.75) is 26.9 Å². The molecule has 0 radical (unpaired) electrons. The van der Waals surface area contributed by atoms with Crippen LogP contribution in [-0.2, 0) is 0 Å². The Morgan fingerprint density at radius 1 is 1.19 bits per heavy atom. The second-order valence-electron chi connectivity index (χ2n) is 4.97. The fraction of sp³-hybridized carbons (Fsp3) is 0.267. The van der Waals surface area contributed by atoms with E-state index >= 15 is 0 Å². The minimum absolute atomic E-state index is 0.183. The summed E-state index contributed by atoms with van der Waals surface area (Å²) in [6, 6.07) is 5.58. The zero-order valence-corrected chi connectivity index (χ0v) is 12.8. The van der Waals surface area contributed by atoms with Crippen molar-refractivity contribution in [3.8, 4) is 5.75 Å². The fourth-order valence-corrected chi connectivity index (χ4v) is 2.59. The highest BCUT2D eigenvalue weighted by atomic mass is 35.5. The molecule has 0 aliphatic rings. The lowest BCUT2D eigenvalue weighted by Gasteiger charge is -2.19. The number of hydrogen-bond donors (Lipinski definition) is 0. The summed E-state index contributed by atoms with van der Waals surface area (Å²) < 4.78 is 7.78. The third kappa shape index (κ3) is 2.56. The molecule has 0 saturated carbocycles. The van der Waals surface area contributed by atoms with Crippen molar-refractivity contribution in [3.63, 3.8) is 0 Å². The summed E-state index contributed by atoms with van der Waals surface area (Å²) in [5.74, 6) is 1.37. The molecule has 1 unspecified atom stereocenters. The Labute approximate surface area is 127 Å². The maximum absolute atomic E-state index is 6.07. The van der Waals surface area contributed by atoms with E-state index in [0.717, 1.165) is 22.6 Å². The number of ether oxygens (including phenoxy) is 1. The van der Waals surface area contributed by atoms with Gasteiger partial charge < -0.3 is 4.74 Å². The molecular weight excluding hydrogens is 288 g/mol. The van der Waals surface area contributed by atoms with Gasteiger partial charge in [0.2, 0.25) is 0 Å². The number of aryl methyl sites for hydroxylation is 2. The van der Waals surface area contributed by atoms with E-state index in [0.29, 0.717) is 10.8 Å². The van der Waals surface area contributed by atoms with Crippen molar-refractivity contribution in [2.24, 2.45) is 0 Å². The van der Waals surface area contributed by atoms with Crippen molar-refractivity contribution in [2.75, 3.05) is 0 Å². The van der Waals surface area contributed by atoms with Gasteiger partial charge in [0.15, 0.2) is 0 Å². The van der Waals surface area contributed by atoms with Gasteiger partial charge in [-0.2, -0.15) is 14.6 Å². The fourth-order valence-electron chi connectivity index (χ4n) is 2.37. The smallest absolute Gasteiger partial charge is 0.252 e. The van der Waals surface area contributed by atoms with Crippen molar-refractivity contribution < 1.29 is 4.74 Å². The first kappa shape index (κ1) is 13.8. The zero-order valence-electron chi connectivity index (χ0n) is 12.0. The van der Waals surface area contributed by atoms with Gasteiger partial charge in [-0.1, -0.05) is 11.6 Å². The van der Waals surface area contributed by atoms with E-state index in [9.17, 15) is 0 Å². The highest BCUT2D eigenvalue weighted by molar-refractivity contribution is 6.30. The molecule has 6 heteroatoms. The van der Waals surface area contributed by atoms with Gasteiger partial charge in [0.25, 0.3) is 5.78 Å². The molecule has 0 amide bonds. The predicted molar refractivity (Wildman–Crippen MR) is 80.8 cm³/mol. The largest absolute Gasteiger partial charge is 0.484 e. The van der Waals surface area contributed by atoms with Crippen LogP contribution in [0.15, 0.2) is 30.7 Å². The molecule has 0 N–H and O–H groups in total. The number of rotatable bonds is 3. The molecule has 5 nitrogen and oxygen atoms in total. The average molecular weight is 303 g/mol. The molecule has 1 atom stereocenters. The van der Waals surface area contributed by atoms with Crippen LogP contribution < -0.4 is 4.74 Å². The summed E-state index contributed by atoms with van der Waals surface area (Å²) in [7, 11) is 0. The van der Waals surface area contributed by atoms with E-state index in [1.165, 1.54) is 6.33 Å². The van der Waals surface area contributed by atoms with Crippen LogP contribution in [0, 0.1) is 13.8 Å². The van der Waals surface area contributed by atoms with E-state index in [4.69, 9.17) is 16.3 Å². The molecule has 0 bridgehead atoms. The maximum Gasteiger partial charge on any atom is 0.252 e. The van der Waals surface area contributed by atoms with Crippen LogP contribution in [0.25, 0.3) is 5.78 Å². The molecule has 3 rings (SSSR count). The van der Waals surface area contributed by atoms with Crippen molar-refractivity contribution >= 4 is 17.4 Å². The summed E-state index contributed by atoms with van der Waals surface area (Å²) in [5, 5.41) is 4.92. The minimum atomic E-state index is -0.183. The number of aromatic nitrogens is 4. The Bertz CT molecular complexity index is 799. The molecule has 2 aromatic heterocycles. The van der Waals surface area contributed by atoms with Crippen LogP contribution in [0.5, 0.6) is 5.75 Å². The van der Waals surface area contributed by atoms with Gasteiger partial charge in [0.05, 0.1) is 5.69 Å². The molecule has 1 aromatic carbocycles. The molecule has 2 heterocycles. The van der Waals surface area contributed by atoms with Crippen LogP contribution in [0.3, 0.4) is 0 Å². The van der Waals surface area contributed by atoms with Crippen LogP contribution in [0.2, 0.25) is 5.02 Å². The SMILES string of the molecule is Cc1cc(Cl)ccc1OC(C)c1c(C)cnc2ncnn12. The summed E-state index contributed by atoms with van der Waals surface area (Å²) >= 11 is 5.97. The molecule has 108 valence electrons. The van der Waals surface area contributed by atoms with Gasteiger partial charge in [0, 0.05) is 11.2 Å². The lowest BCUT2D eigenvalue weighted by Crippen LogP contribution is -2.13. The maximum atomic E-state index is 6.07. The first-order valence-electron chi connectivity index (χ1n) is 6.64. The summed E-state index contributed by atoms with van der Waals surface area (Å²) in [5.41, 5.74) is 2.94. The van der Waals surface area contributed by atoms with E-state index in [1.54, 1.807) is 10.7 Å². The van der Waals surface area contributed by atoms with Crippen LogP contribution >= 0.6 is 11.6 Å². The first-order chi connectivity index (χ1) is 10.1. The highest BCUT2D eigenvalue weighted by Crippen LogP contribution is 2.28. The monoisotopic (exact) mass is 302 g/mol. The Hall–Kier alpha value is -2.14. The predicted octanol–water partition coefficient (Wildman–Crippen LogP) is 3.53. The second-order valence-corrected chi connectivity index (χ2v) is 5.40. The van der Waals surface area contributed by atoms with Crippen LogP contribution in [-0.4, -0.2) is 19.6 Å². The summed E-state index contributed by atoms with van der Waals surface area (Å²) in [6.07, 6.45) is 3.09. The quantitative estimate of drug-likeness (QED) is 0.742. The molecule has 0 saturated heterocycles. The lowest BCUT2D eigenvalue weighted by molar-refractivity contribution is 0.216. The third-order valence-electron chi connectivity index (χ3n) is 3.36. The van der Waals surface area contributed by atoms with Gasteiger partial charge in [-0.25, -0.2) is 4.98 Å². The number of fused-ring (bicyclic) bond motifs is 1. The standard InChI is InChI=1S/C15H15ClN4O/c1-9-6-12(16)4-5-13(9)21-11(3)14-10(2)7-17-15-18-8-19-20(14)15/h4-8,11H,1-3H3. The Kier molecular flexibility index (Phi) is 3.51. The number of nitrogens with zero attached hydrogens (tertiary/aromatic N) is 4. The topological polar surface area (TPSA) is 52.3 Å². The Balaban J connectivity index is 1.99. The van der Waals surface area contributed by atoms with Gasteiger partial charge >= 0.3 is 0 Å². The van der Waals surface area contributed by atoms with E-state index in [2.05, 4.69) is 15.1 Å². The second kappa shape index (κ2) is 5.33. The molecule has 3 aromatic rings. The molecule has 0 aliphatic heterocycles. The summed E-state index contributed by atoms with van der Waals surface area (Å²) in [4.78, 5) is 8.34. The van der Waals surface area contributed by atoms with E-state index < -0.39 is 0 Å². The lowest BCUT2D eigenvalue weighted by atomic mass is 10.1. The van der Waals surface area contributed by atoms with Gasteiger partial charge in [0.1, 0.15) is 18.2 Å². The summed E-state index contributed by atoms with van der Waals surface area (Å²) in [6.45, 7) is 5.94. The highest BCUT2D eigenvalue weighted by Gasteiger charge is 2.17. The molecule has 0 fully saturated rings. The van der Waals surface area contributed by atoms with E-state index in [-0.39, 0.29) is 6.10 Å². The van der Waals surface area contributed by atoms with Crippen molar-refractivity contribution in [1.29, 1.82) is 0 Å². The number of benzene rings is 1. The Morgan fingerprint density at radius 2 is 2.00 bits per heavy atom. The molecule has 0 aliphatic carbocycles. The molecular formula is C15H15ClN4O. The van der Waals surface area contributed by atoms with Crippen molar-refractivity contribution in [1.82, 2.24) is 19.6 Å². The van der Waals surface area contributed by atoms with Gasteiger partial charge in [-0.05, 0) is 50.1 Å². The van der Waals surface area contributed by atoms with Gasteiger partial charge in [-0.3, -0.25) is 0 Å². The van der Waals surface area contributed by atoms with Crippen molar-refractivity contribution in [3.05, 3.63) is 52.6 Å². The Morgan fingerprint density at radius 3 is 2.76 bits per heavy atom. The van der Waals surface area contributed by atoms with E-state index in [1.807, 2.05) is 39.0 Å².